The number of fused-ring (bicyclic) bond motifs is 1. The molecule has 0 spiro atoms. The molecule has 0 unspecified atom stereocenters. The van der Waals surface area contributed by atoms with E-state index in [0.29, 0.717) is 19.1 Å². The molecule has 1 fully saturated rings. The van der Waals surface area contributed by atoms with Crippen molar-refractivity contribution in [1.82, 2.24) is 30.1 Å². The molecule has 3 aromatic heterocycles. The lowest BCUT2D eigenvalue weighted by Gasteiger charge is -2.34. The molecule has 0 radical (unpaired) electrons. The molecule has 8 nitrogen and oxygen atoms in total. The van der Waals surface area contributed by atoms with E-state index in [-0.39, 0.29) is 17.5 Å². The van der Waals surface area contributed by atoms with E-state index in [2.05, 4.69) is 63.0 Å². The summed E-state index contributed by atoms with van der Waals surface area (Å²) < 4.78 is 7.80. The minimum absolute atomic E-state index is 0.0602. The predicted molar refractivity (Wildman–Crippen MR) is 140 cm³/mol. The Labute approximate surface area is 211 Å². The fraction of sp³-hybridized carbons (Fsp3) is 0.500. The molecule has 1 aromatic carbocycles. The van der Waals surface area contributed by atoms with E-state index in [1.807, 2.05) is 25.1 Å². The molecule has 36 heavy (non-hydrogen) atoms. The van der Waals surface area contributed by atoms with Gasteiger partial charge in [-0.1, -0.05) is 45.2 Å². The zero-order valence-electron chi connectivity index (χ0n) is 21.7. The highest BCUT2D eigenvalue weighted by atomic mass is 16.3. The third-order valence-corrected chi connectivity index (χ3v) is 7.56. The highest BCUT2D eigenvalue weighted by Gasteiger charge is 2.32. The van der Waals surface area contributed by atoms with Crippen LogP contribution in [0.1, 0.15) is 86.3 Å². The lowest BCUT2D eigenvalue weighted by atomic mass is 9.94. The number of nitrogens with zero attached hydrogens (tertiary/aromatic N) is 5. The largest absolute Gasteiger partial charge is 0.468 e. The first-order chi connectivity index (χ1) is 17.4. The Morgan fingerprint density at radius 3 is 2.61 bits per heavy atom. The Morgan fingerprint density at radius 1 is 1.11 bits per heavy atom. The Hall–Kier alpha value is -3.26. The zero-order chi connectivity index (χ0) is 25.2. The average Bonchev–Trinajstić information content (AvgIpc) is 3.55. The fourth-order valence-electron chi connectivity index (χ4n) is 5.67. The number of H-pyrrole nitrogens is 1. The van der Waals surface area contributed by atoms with Gasteiger partial charge < -0.3 is 9.40 Å². The number of aromatic nitrogens is 5. The van der Waals surface area contributed by atoms with Gasteiger partial charge >= 0.3 is 0 Å². The minimum atomic E-state index is -0.0827. The second kappa shape index (κ2) is 10.4. The topological polar surface area (TPSA) is 92.8 Å². The van der Waals surface area contributed by atoms with Gasteiger partial charge in [-0.05, 0) is 72.4 Å². The summed E-state index contributed by atoms with van der Waals surface area (Å²) in [6.07, 6.45) is 7.58. The molecular formula is C28H36N6O2. The quantitative estimate of drug-likeness (QED) is 0.346. The monoisotopic (exact) mass is 488 g/mol. The summed E-state index contributed by atoms with van der Waals surface area (Å²) in [7, 11) is 0. The maximum Gasteiger partial charge on any atom is 0.252 e. The van der Waals surface area contributed by atoms with Crippen LogP contribution >= 0.6 is 0 Å². The minimum Gasteiger partial charge on any atom is -0.468 e. The standard InChI is InChI=1S/C28H36N6O2/c1-18(2)26(27-30-31-32-34(27)22-9-6-5-7-10-22)33(17-23-11-8-14-36-23)16-21-15-24-19(3)12-13-20(4)25(24)29-28(21)35/h8,11-15,18,22,26H,5-7,9-10,16-17H2,1-4H3,(H,29,35)/t26-/m1/s1. The van der Waals surface area contributed by atoms with Gasteiger partial charge in [-0.25, -0.2) is 4.68 Å². The van der Waals surface area contributed by atoms with E-state index in [0.717, 1.165) is 52.0 Å². The first-order valence-electron chi connectivity index (χ1n) is 13.1. The number of nitrogens with one attached hydrogen (secondary N) is 1. The highest BCUT2D eigenvalue weighted by molar-refractivity contribution is 5.85. The Kier molecular flexibility index (Phi) is 7.05. The van der Waals surface area contributed by atoms with Crippen LogP contribution in [0.4, 0.5) is 0 Å². The number of rotatable bonds is 8. The molecule has 3 heterocycles. The van der Waals surface area contributed by atoms with Gasteiger partial charge in [-0.15, -0.1) is 5.10 Å². The molecule has 0 aliphatic heterocycles. The van der Waals surface area contributed by atoms with Crippen molar-refractivity contribution in [2.75, 3.05) is 0 Å². The van der Waals surface area contributed by atoms with Crippen LogP contribution in [0.15, 0.2) is 45.8 Å². The normalized spacial score (nSPS) is 15.8. The number of furan rings is 1. The van der Waals surface area contributed by atoms with Crippen molar-refractivity contribution in [1.29, 1.82) is 0 Å². The maximum atomic E-state index is 13.3. The van der Waals surface area contributed by atoms with Gasteiger partial charge in [0.05, 0.1) is 30.4 Å². The van der Waals surface area contributed by atoms with Crippen LogP contribution in [-0.2, 0) is 13.1 Å². The number of pyridine rings is 1. The van der Waals surface area contributed by atoms with Crippen LogP contribution in [-0.4, -0.2) is 30.1 Å². The number of aryl methyl sites for hydroxylation is 2. The van der Waals surface area contributed by atoms with Crippen molar-refractivity contribution in [3.05, 3.63) is 75.2 Å². The van der Waals surface area contributed by atoms with E-state index >= 15 is 0 Å². The van der Waals surface area contributed by atoms with Crippen molar-refractivity contribution in [3.8, 4) is 0 Å². The van der Waals surface area contributed by atoms with Gasteiger partial charge in [0.1, 0.15) is 5.76 Å². The van der Waals surface area contributed by atoms with Crippen molar-refractivity contribution < 1.29 is 4.42 Å². The lowest BCUT2D eigenvalue weighted by molar-refractivity contribution is 0.112. The molecule has 1 aliphatic carbocycles. The molecule has 1 saturated carbocycles. The van der Waals surface area contributed by atoms with Gasteiger partial charge in [-0.3, -0.25) is 9.69 Å². The van der Waals surface area contributed by atoms with Gasteiger partial charge in [-0.2, -0.15) is 0 Å². The molecule has 1 atom stereocenters. The van der Waals surface area contributed by atoms with E-state index < -0.39 is 0 Å². The van der Waals surface area contributed by atoms with Crippen LogP contribution in [0.5, 0.6) is 0 Å². The third-order valence-electron chi connectivity index (χ3n) is 7.56. The summed E-state index contributed by atoms with van der Waals surface area (Å²) in [5.74, 6) is 1.94. The van der Waals surface area contributed by atoms with Crippen molar-refractivity contribution in [2.45, 2.75) is 85.0 Å². The lowest BCUT2D eigenvalue weighted by Crippen LogP contribution is -2.36. The van der Waals surface area contributed by atoms with Gasteiger partial charge in [0.25, 0.3) is 5.56 Å². The molecule has 5 rings (SSSR count). The van der Waals surface area contributed by atoms with Gasteiger partial charge in [0, 0.05) is 17.5 Å². The zero-order valence-corrected chi connectivity index (χ0v) is 21.7. The summed E-state index contributed by atoms with van der Waals surface area (Å²) in [6, 6.07) is 10.3. The third kappa shape index (κ3) is 4.87. The van der Waals surface area contributed by atoms with E-state index in [9.17, 15) is 4.79 Å². The van der Waals surface area contributed by atoms with Gasteiger partial charge in [0.15, 0.2) is 5.82 Å². The Bertz CT molecular complexity index is 1360. The van der Waals surface area contributed by atoms with Crippen molar-refractivity contribution in [3.63, 3.8) is 0 Å². The van der Waals surface area contributed by atoms with Crippen LogP contribution < -0.4 is 5.56 Å². The van der Waals surface area contributed by atoms with E-state index in [1.54, 1.807) is 6.26 Å². The van der Waals surface area contributed by atoms with E-state index in [1.165, 1.54) is 19.3 Å². The number of hydrogen-bond acceptors (Lipinski definition) is 6. The first-order valence-corrected chi connectivity index (χ1v) is 13.1. The molecule has 0 bridgehead atoms. The van der Waals surface area contributed by atoms with Crippen LogP contribution in [0, 0.1) is 19.8 Å². The Balaban J connectivity index is 1.56. The van der Waals surface area contributed by atoms with Gasteiger partial charge in [0.2, 0.25) is 0 Å². The molecule has 190 valence electrons. The predicted octanol–water partition coefficient (Wildman–Crippen LogP) is 5.63. The second-order valence-electron chi connectivity index (χ2n) is 10.6. The molecule has 1 N–H and O–H groups in total. The molecular weight excluding hydrogens is 452 g/mol. The van der Waals surface area contributed by atoms with Crippen LogP contribution in [0.2, 0.25) is 0 Å². The molecule has 0 saturated heterocycles. The summed E-state index contributed by atoms with van der Waals surface area (Å²) in [5, 5.41) is 14.2. The number of benzene rings is 1. The fourth-order valence-corrected chi connectivity index (χ4v) is 5.67. The van der Waals surface area contributed by atoms with Crippen molar-refractivity contribution in [2.24, 2.45) is 5.92 Å². The molecule has 8 heteroatoms. The summed E-state index contributed by atoms with van der Waals surface area (Å²) in [5.41, 5.74) is 3.79. The summed E-state index contributed by atoms with van der Waals surface area (Å²) in [4.78, 5) is 18.7. The van der Waals surface area contributed by atoms with Crippen molar-refractivity contribution >= 4 is 10.9 Å². The number of tetrazole rings is 1. The number of hydrogen-bond donors (Lipinski definition) is 1. The highest BCUT2D eigenvalue weighted by Crippen LogP contribution is 2.35. The molecule has 4 aromatic rings. The summed E-state index contributed by atoms with van der Waals surface area (Å²) in [6.45, 7) is 9.51. The number of aromatic amines is 1. The molecule has 1 aliphatic rings. The smallest absolute Gasteiger partial charge is 0.252 e. The summed E-state index contributed by atoms with van der Waals surface area (Å²) >= 11 is 0. The first kappa shape index (κ1) is 24.4. The second-order valence-corrected chi connectivity index (χ2v) is 10.6. The SMILES string of the molecule is Cc1ccc(C)c2[nH]c(=O)c(CN(Cc3ccco3)[C@@H](c3nnnn3C3CCCCC3)C(C)C)cc12. The van der Waals surface area contributed by atoms with Crippen LogP contribution in [0.3, 0.4) is 0 Å². The average molecular weight is 489 g/mol. The van der Waals surface area contributed by atoms with E-state index in [4.69, 9.17) is 4.42 Å². The Morgan fingerprint density at radius 2 is 1.89 bits per heavy atom. The maximum absolute atomic E-state index is 13.3. The van der Waals surface area contributed by atoms with Crippen LogP contribution in [0.25, 0.3) is 10.9 Å². The molecule has 0 amide bonds.